The molecule has 0 saturated carbocycles. The van der Waals surface area contributed by atoms with Gasteiger partial charge in [-0.15, -0.1) is 0 Å². The van der Waals surface area contributed by atoms with Crippen molar-refractivity contribution in [2.45, 2.75) is 26.3 Å². The van der Waals surface area contributed by atoms with Crippen LogP contribution in [0, 0.1) is 0 Å². The largest absolute Gasteiger partial charge is 0.496 e. The average Bonchev–Trinajstić information content (AvgIpc) is 3.17. The fourth-order valence-corrected chi connectivity index (χ4v) is 4.04. The summed E-state index contributed by atoms with van der Waals surface area (Å²) in [5, 5.41) is 3.44. The lowest BCUT2D eigenvalue weighted by Gasteiger charge is -2.37. The molecule has 1 aliphatic heterocycles. The molecule has 164 valence electrons. The number of nitrogens with one attached hydrogen (secondary N) is 1. The Kier molecular flexibility index (Phi) is 6.36. The summed E-state index contributed by atoms with van der Waals surface area (Å²) in [5.41, 5.74) is 2.41. The highest BCUT2D eigenvalue weighted by atomic mass is 16.5. The van der Waals surface area contributed by atoms with Crippen molar-refractivity contribution >= 4 is 17.4 Å². The van der Waals surface area contributed by atoms with Crippen LogP contribution >= 0.6 is 0 Å². The lowest BCUT2D eigenvalue weighted by atomic mass is 10.1. The molecule has 2 aromatic heterocycles. The predicted molar refractivity (Wildman–Crippen MR) is 121 cm³/mol. The topological polar surface area (TPSA) is 75.0 Å². The fourth-order valence-electron chi connectivity index (χ4n) is 4.04. The first-order valence-electron chi connectivity index (χ1n) is 10.8. The second kappa shape index (κ2) is 9.34. The number of anilines is 1. The highest BCUT2D eigenvalue weighted by molar-refractivity contribution is 5.81. The SMILES string of the molecule is COc1ccccc1-c1nc2cnccn2c1NCCC(=O)N1CCN(C(C)C)CC1. The lowest BCUT2D eigenvalue weighted by Crippen LogP contribution is -2.50. The molecule has 0 unspecified atom stereocenters. The summed E-state index contributed by atoms with van der Waals surface area (Å²) < 4.78 is 7.50. The van der Waals surface area contributed by atoms with Gasteiger partial charge in [-0.25, -0.2) is 4.98 Å². The Balaban J connectivity index is 1.48. The smallest absolute Gasteiger partial charge is 0.224 e. The zero-order valence-electron chi connectivity index (χ0n) is 18.4. The first-order valence-corrected chi connectivity index (χ1v) is 10.8. The Hall–Kier alpha value is -3.13. The van der Waals surface area contributed by atoms with Gasteiger partial charge in [-0.2, -0.15) is 0 Å². The van der Waals surface area contributed by atoms with E-state index < -0.39 is 0 Å². The van der Waals surface area contributed by atoms with E-state index in [1.54, 1.807) is 19.5 Å². The quantitative estimate of drug-likeness (QED) is 0.631. The predicted octanol–water partition coefficient (Wildman–Crippen LogP) is 2.76. The van der Waals surface area contributed by atoms with Crippen molar-refractivity contribution in [2.75, 3.05) is 45.2 Å². The number of nitrogens with zero attached hydrogens (tertiary/aromatic N) is 5. The van der Waals surface area contributed by atoms with Crippen LogP contribution in [0.25, 0.3) is 16.9 Å². The first kappa shape index (κ1) is 21.1. The molecule has 0 aliphatic carbocycles. The van der Waals surface area contributed by atoms with Crippen molar-refractivity contribution in [3.63, 3.8) is 0 Å². The molecule has 3 aromatic rings. The summed E-state index contributed by atoms with van der Waals surface area (Å²) in [7, 11) is 1.65. The highest BCUT2D eigenvalue weighted by Crippen LogP contribution is 2.34. The molecule has 8 heteroatoms. The zero-order chi connectivity index (χ0) is 21.8. The summed E-state index contributed by atoms with van der Waals surface area (Å²) in [4.78, 5) is 26.1. The van der Waals surface area contributed by atoms with Gasteiger partial charge in [0, 0.05) is 63.1 Å². The second-order valence-electron chi connectivity index (χ2n) is 8.00. The molecule has 31 heavy (non-hydrogen) atoms. The highest BCUT2D eigenvalue weighted by Gasteiger charge is 2.22. The molecular formula is C23H30N6O2. The van der Waals surface area contributed by atoms with Crippen LogP contribution in [-0.2, 0) is 4.79 Å². The standard InChI is InChI=1S/C23H30N6O2/c1-17(2)27-12-14-28(15-13-27)21(30)8-9-25-23-22(18-6-4-5-7-19(18)31-3)26-20-16-24-10-11-29(20)23/h4-7,10-11,16-17,25H,8-9,12-15H2,1-3H3. The molecule has 0 atom stereocenters. The summed E-state index contributed by atoms with van der Waals surface area (Å²) >= 11 is 0. The number of hydrogen-bond acceptors (Lipinski definition) is 6. The molecule has 4 rings (SSSR count). The molecule has 1 N–H and O–H groups in total. The van der Waals surface area contributed by atoms with Crippen LogP contribution in [0.1, 0.15) is 20.3 Å². The number of piperazine rings is 1. The van der Waals surface area contributed by atoms with Crippen LogP contribution < -0.4 is 10.1 Å². The Morgan fingerprint density at radius 1 is 1.19 bits per heavy atom. The molecule has 1 aromatic carbocycles. The number of amides is 1. The Morgan fingerprint density at radius 2 is 1.97 bits per heavy atom. The molecule has 8 nitrogen and oxygen atoms in total. The van der Waals surface area contributed by atoms with Gasteiger partial charge in [-0.1, -0.05) is 12.1 Å². The average molecular weight is 423 g/mol. The molecular weight excluding hydrogens is 392 g/mol. The summed E-state index contributed by atoms with van der Waals surface area (Å²) in [6, 6.07) is 8.33. The summed E-state index contributed by atoms with van der Waals surface area (Å²) in [5.74, 6) is 1.77. The lowest BCUT2D eigenvalue weighted by molar-refractivity contribution is -0.132. The van der Waals surface area contributed by atoms with E-state index in [4.69, 9.17) is 9.72 Å². The van der Waals surface area contributed by atoms with Gasteiger partial charge < -0.3 is 15.0 Å². The molecule has 3 heterocycles. The van der Waals surface area contributed by atoms with Crippen molar-refractivity contribution in [2.24, 2.45) is 0 Å². The van der Waals surface area contributed by atoms with Gasteiger partial charge in [-0.05, 0) is 26.0 Å². The minimum absolute atomic E-state index is 0.185. The minimum Gasteiger partial charge on any atom is -0.496 e. The van der Waals surface area contributed by atoms with Crippen LogP contribution in [0.2, 0.25) is 0 Å². The molecule has 1 amide bonds. The number of para-hydroxylation sites is 1. The van der Waals surface area contributed by atoms with Crippen LogP contribution in [0.3, 0.4) is 0 Å². The number of carbonyl (C=O) groups excluding carboxylic acids is 1. The Labute approximate surface area is 182 Å². The van der Waals surface area contributed by atoms with Crippen LogP contribution in [-0.4, -0.2) is 76.0 Å². The van der Waals surface area contributed by atoms with Gasteiger partial charge in [0.1, 0.15) is 17.3 Å². The summed E-state index contributed by atoms with van der Waals surface area (Å²) in [6.45, 7) is 8.40. The number of methoxy groups -OCH3 is 1. The van der Waals surface area contributed by atoms with E-state index in [2.05, 4.69) is 29.0 Å². The number of benzene rings is 1. The maximum absolute atomic E-state index is 12.7. The van der Waals surface area contributed by atoms with Gasteiger partial charge >= 0.3 is 0 Å². The second-order valence-corrected chi connectivity index (χ2v) is 8.00. The van der Waals surface area contributed by atoms with E-state index in [9.17, 15) is 4.79 Å². The van der Waals surface area contributed by atoms with E-state index in [-0.39, 0.29) is 5.91 Å². The molecule has 0 bridgehead atoms. The van der Waals surface area contributed by atoms with Crippen LogP contribution in [0.15, 0.2) is 42.9 Å². The van der Waals surface area contributed by atoms with Crippen LogP contribution in [0.5, 0.6) is 5.75 Å². The molecule has 1 saturated heterocycles. The number of imidazole rings is 1. The van der Waals surface area contributed by atoms with E-state index in [0.717, 1.165) is 54.7 Å². The third kappa shape index (κ3) is 4.49. The van der Waals surface area contributed by atoms with Crippen molar-refractivity contribution in [1.29, 1.82) is 0 Å². The molecule has 1 fully saturated rings. The Morgan fingerprint density at radius 3 is 2.71 bits per heavy atom. The van der Waals surface area contributed by atoms with Gasteiger partial charge in [0.15, 0.2) is 5.65 Å². The van der Waals surface area contributed by atoms with Crippen molar-refractivity contribution in [3.8, 4) is 17.0 Å². The number of ether oxygens (including phenoxy) is 1. The Bertz CT molecular complexity index is 1040. The minimum atomic E-state index is 0.185. The van der Waals surface area contributed by atoms with Gasteiger partial charge in [0.25, 0.3) is 0 Å². The van der Waals surface area contributed by atoms with E-state index in [1.165, 1.54) is 0 Å². The monoisotopic (exact) mass is 422 g/mol. The number of rotatable bonds is 7. The number of aromatic nitrogens is 3. The number of carbonyl (C=O) groups is 1. The van der Waals surface area contributed by atoms with E-state index >= 15 is 0 Å². The number of fused-ring (bicyclic) bond motifs is 1. The molecule has 1 aliphatic rings. The summed E-state index contributed by atoms with van der Waals surface area (Å²) in [6.07, 6.45) is 5.76. The number of hydrogen-bond donors (Lipinski definition) is 1. The van der Waals surface area contributed by atoms with Crippen molar-refractivity contribution in [3.05, 3.63) is 42.9 Å². The maximum Gasteiger partial charge on any atom is 0.224 e. The third-order valence-corrected chi connectivity index (χ3v) is 5.82. The zero-order valence-corrected chi connectivity index (χ0v) is 18.4. The normalized spacial score (nSPS) is 14.9. The van der Waals surface area contributed by atoms with Crippen molar-refractivity contribution < 1.29 is 9.53 Å². The van der Waals surface area contributed by atoms with Gasteiger partial charge in [-0.3, -0.25) is 19.1 Å². The van der Waals surface area contributed by atoms with E-state index in [1.807, 2.05) is 39.8 Å². The van der Waals surface area contributed by atoms with Crippen LogP contribution in [0.4, 0.5) is 5.82 Å². The van der Waals surface area contributed by atoms with Gasteiger partial charge in [0.2, 0.25) is 5.91 Å². The molecule has 0 spiro atoms. The fraction of sp³-hybridized carbons (Fsp3) is 0.435. The van der Waals surface area contributed by atoms with Crippen molar-refractivity contribution in [1.82, 2.24) is 24.2 Å². The third-order valence-electron chi connectivity index (χ3n) is 5.82. The van der Waals surface area contributed by atoms with E-state index in [0.29, 0.717) is 19.0 Å². The maximum atomic E-state index is 12.7. The first-order chi connectivity index (χ1) is 15.1. The molecule has 0 radical (unpaired) electrons. The van der Waals surface area contributed by atoms with Gasteiger partial charge in [0.05, 0.1) is 13.3 Å².